The highest BCUT2D eigenvalue weighted by Gasteiger charge is 2.32. The second-order valence-corrected chi connectivity index (χ2v) is 8.55. The van der Waals surface area contributed by atoms with Crippen LogP contribution in [0.25, 0.3) is 0 Å². The van der Waals surface area contributed by atoms with E-state index in [0.29, 0.717) is 19.6 Å². The summed E-state index contributed by atoms with van der Waals surface area (Å²) in [5.41, 5.74) is 1.84. The van der Waals surface area contributed by atoms with Gasteiger partial charge in [-0.3, -0.25) is 14.4 Å². The molecule has 3 rings (SSSR count). The Bertz CT molecular complexity index is 717. The molecule has 0 aliphatic carbocycles. The second-order valence-electron chi connectivity index (χ2n) is 7.24. The smallest absolute Gasteiger partial charge is 0.320 e. The minimum absolute atomic E-state index is 0.0740. The van der Waals surface area contributed by atoms with Crippen molar-refractivity contribution >= 4 is 35.1 Å². The Morgan fingerprint density at radius 2 is 1.82 bits per heavy atom. The molecule has 1 atom stereocenters. The Morgan fingerprint density at radius 3 is 2.43 bits per heavy atom. The van der Waals surface area contributed by atoms with Gasteiger partial charge in [0.1, 0.15) is 5.25 Å². The number of carbonyl (C=O) groups excluding carboxylic acids is 3. The van der Waals surface area contributed by atoms with Crippen molar-refractivity contribution in [3.8, 4) is 0 Å². The summed E-state index contributed by atoms with van der Waals surface area (Å²) < 4.78 is 4.81. The number of thioether (sulfide) groups is 1. The molecule has 0 aromatic heterocycles. The van der Waals surface area contributed by atoms with Gasteiger partial charge < -0.3 is 19.4 Å². The molecule has 1 aromatic rings. The minimum Gasteiger partial charge on any atom is -0.468 e. The number of ether oxygens (including phenoxy) is 1. The maximum atomic E-state index is 12.7. The van der Waals surface area contributed by atoms with Gasteiger partial charge in [0, 0.05) is 30.1 Å². The largest absolute Gasteiger partial charge is 0.468 e. The molecule has 1 amide bonds. The fourth-order valence-electron chi connectivity index (χ4n) is 3.64. The number of amides is 1. The van der Waals surface area contributed by atoms with Gasteiger partial charge in [-0.25, -0.2) is 0 Å². The van der Waals surface area contributed by atoms with Crippen LogP contribution in [0.5, 0.6) is 0 Å². The van der Waals surface area contributed by atoms with Crippen molar-refractivity contribution < 1.29 is 24.0 Å². The zero-order valence-electron chi connectivity index (χ0n) is 16.5. The molecule has 2 fully saturated rings. The summed E-state index contributed by atoms with van der Waals surface area (Å²) >= 11 is 1.56. The van der Waals surface area contributed by atoms with Crippen molar-refractivity contribution in [3.63, 3.8) is 0 Å². The van der Waals surface area contributed by atoms with Gasteiger partial charge in [-0.15, -0.1) is 11.8 Å². The number of Topliss-reactive ketones (excluding diaryl/α,β-unsaturated/α-hetero) is 1. The first-order valence-electron chi connectivity index (χ1n) is 9.64. The summed E-state index contributed by atoms with van der Waals surface area (Å²) in [5.74, 6) is 0.706. The summed E-state index contributed by atoms with van der Waals surface area (Å²) in [6.45, 7) is 6.72. The van der Waals surface area contributed by atoms with Crippen LogP contribution in [0.2, 0.25) is 0 Å². The molecule has 0 saturated carbocycles. The van der Waals surface area contributed by atoms with E-state index in [1.165, 1.54) is 12.0 Å². The van der Waals surface area contributed by atoms with Crippen LogP contribution in [0, 0.1) is 0 Å². The van der Waals surface area contributed by atoms with Gasteiger partial charge in [-0.2, -0.15) is 0 Å². The lowest BCUT2D eigenvalue weighted by Gasteiger charge is -2.35. The number of anilines is 1. The molecule has 0 bridgehead atoms. The third kappa shape index (κ3) is 5.05. The number of esters is 1. The molecule has 152 valence electrons. The van der Waals surface area contributed by atoms with E-state index < -0.39 is 0 Å². The fourth-order valence-corrected chi connectivity index (χ4v) is 4.77. The molecule has 2 aliphatic rings. The van der Waals surface area contributed by atoms with Gasteiger partial charge in [-0.05, 0) is 31.2 Å². The van der Waals surface area contributed by atoms with Crippen molar-refractivity contribution in [2.75, 3.05) is 63.6 Å². The number of methoxy groups -OCH3 is 1. The number of benzene rings is 1. The topological polar surface area (TPSA) is 71.4 Å². The average Bonchev–Trinajstić information content (AvgIpc) is 2.74. The highest BCUT2D eigenvalue weighted by atomic mass is 32.2. The molecule has 1 aromatic carbocycles. The lowest BCUT2D eigenvalue weighted by Crippen LogP contribution is -3.16. The Hall–Kier alpha value is -2.06. The lowest BCUT2D eigenvalue weighted by atomic mass is 10.1. The van der Waals surface area contributed by atoms with Crippen LogP contribution in [-0.4, -0.2) is 86.5 Å². The second kappa shape index (κ2) is 9.43. The number of piperazine rings is 1. The quantitative estimate of drug-likeness (QED) is 0.535. The predicted octanol–water partition coefficient (Wildman–Crippen LogP) is -0.289. The van der Waals surface area contributed by atoms with Gasteiger partial charge in [0.25, 0.3) is 5.91 Å². The van der Waals surface area contributed by atoms with E-state index in [9.17, 15) is 14.4 Å². The number of quaternary nitrogens is 1. The Balaban J connectivity index is 1.48. The van der Waals surface area contributed by atoms with Crippen molar-refractivity contribution in [2.24, 2.45) is 0 Å². The minimum atomic E-state index is -0.271. The normalized spacial score (nSPS) is 20.7. The molecule has 0 radical (unpaired) electrons. The highest BCUT2D eigenvalue weighted by molar-refractivity contribution is 8.00. The number of nitrogens with zero attached hydrogens (tertiary/aromatic N) is 2. The van der Waals surface area contributed by atoms with E-state index >= 15 is 0 Å². The van der Waals surface area contributed by atoms with E-state index in [1.54, 1.807) is 23.6 Å². The number of hydrogen-bond acceptors (Lipinski definition) is 6. The Labute approximate surface area is 170 Å². The van der Waals surface area contributed by atoms with E-state index in [0.717, 1.165) is 43.2 Å². The maximum absolute atomic E-state index is 12.7. The summed E-state index contributed by atoms with van der Waals surface area (Å²) in [7, 11) is 1.39. The molecule has 2 aliphatic heterocycles. The molecule has 0 unspecified atom stereocenters. The van der Waals surface area contributed by atoms with Crippen LogP contribution in [0.4, 0.5) is 5.69 Å². The molecule has 0 spiro atoms. The van der Waals surface area contributed by atoms with Crippen molar-refractivity contribution in [1.29, 1.82) is 0 Å². The van der Waals surface area contributed by atoms with Gasteiger partial charge in [0.05, 0.1) is 33.3 Å². The average molecular weight is 407 g/mol. The summed E-state index contributed by atoms with van der Waals surface area (Å²) in [6, 6.07) is 7.72. The Kier molecular flexibility index (Phi) is 6.96. The van der Waals surface area contributed by atoms with Crippen molar-refractivity contribution in [3.05, 3.63) is 29.8 Å². The zero-order chi connectivity index (χ0) is 20.1. The van der Waals surface area contributed by atoms with E-state index in [-0.39, 0.29) is 22.9 Å². The first-order chi connectivity index (χ1) is 13.5. The first kappa shape index (κ1) is 20.7. The molecule has 2 heterocycles. The zero-order valence-corrected chi connectivity index (χ0v) is 17.3. The van der Waals surface area contributed by atoms with Gasteiger partial charge in [-0.1, -0.05) is 0 Å². The lowest BCUT2D eigenvalue weighted by molar-refractivity contribution is -0.892. The molecule has 2 saturated heterocycles. The maximum Gasteiger partial charge on any atom is 0.320 e. The standard InChI is InChI=1S/C20H27N3O4S/c1-15(24)16-3-5-17(6-4-16)22-9-7-21(8-10-22)14-19(25)23-11-12-28-18(13-23)20(26)27-2/h3-6,18H,7-14H2,1-2H3/p+1/t18-/m1/s1. The third-order valence-corrected chi connectivity index (χ3v) is 6.56. The molecule has 28 heavy (non-hydrogen) atoms. The van der Waals surface area contributed by atoms with Crippen LogP contribution in [0.1, 0.15) is 17.3 Å². The molecule has 7 nitrogen and oxygen atoms in total. The molecular formula is C20H28N3O4S+. The number of nitrogens with one attached hydrogen (secondary N) is 1. The van der Waals surface area contributed by atoms with Crippen LogP contribution in [0.15, 0.2) is 24.3 Å². The molecule has 8 heteroatoms. The Morgan fingerprint density at radius 1 is 1.14 bits per heavy atom. The summed E-state index contributed by atoms with van der Waals surface area (Å²) in [6.07, 6.45) is 0. The van der Waals surface area contributed by atoms with Gasteiger partial charge >= 0.3 is 5.97 Å². The van der Waals surface area contributed by atoms with Crippen LogP contribution in [-0.2, 0) is 14.3 Å². The monoisotopic (exact) mass is 406 g/mol. The van der Waals surface area contributed by atoms with Crippen molar-refractivity contribution in [2.45, 2.75) is 12.2 Å². The summed E-state index contributed by atoms with van der Waals surface area (Å²) in [5, 5.41) is -0.271. The van der Waals surface area contributed by atoms with Gasteiger partial charge in [0.2, 0.25) is 0 Å². The van der Waals surface area contributed by atoms with E-state index in [4.69, 9.17) is 4.74 Å². The first-order valence-corrected chi connectivity index (χ1v) is 10.7. The number of hydrogen-bond donors (Lipinski definition) is 1. The van der Waals surface area contributed by atoms with Crippen molar-refractivity contribution in [1.82, 2.24) is 4.90 Å². The number of carbonyl (C=O) groups is 3. The summed E-state index contributed by atoms with van der Waals surface area (Å²) in [4.78, 5) is 41.2. The van der Waals surface area contributed by atoms with Crippen LogP contribution < -0.4 is 9.80 Å². The van der Waals surface area contributed by atoms with E-state index in [1.807, 2.05) is 24.3 Å². The SMILES string of the molecule is COC(=O)[C@H]1CN(C(=O)C[NH+]2CCN(c3ccc(C(C)=O)cc3)CC2)CCS1. The molecular weight excluding hydrogens is 378 g/mol. The predicted molar refractivity (Wildman–Crippen MR) is 109 cm³/mol. The van der Waals surface area contributed by atoms with E-state index in [2.05, 4.69) is 4.90 Å². The molecule has 1 N–H and O–H groups in total. The third-order valence-electron chi connectivity index (χ3n) is 5.39. The number of rotatable bonds is 5. The highest BCUT2D eigenvalue weighted by Crippen LogP contribution is 2.19. The number of ketones is 1. The van der Waals surface area contributed by atoms with Crippen LogP contribution >= 0.6 is 11.8 Å². The van der Waals surface area contributed by atoms with Crippen LogP contribution in [0.3, 0.4) is 0 Å². The van der Waals surface area contributed by atoms with Gasteiger partial charge in [0.15, 0.2) is 12.3 Å². The fraction of sp³-hybridized carbons (Fsp3) is 0.550.